The van der Waals surface area contributed by atoms with Gasteiger partial charge in [0, 0.05) is 19.8 Å². The van der Waals surface area contributed by atoms with E-state index in [4.69, 9.17) is 12.2 Å². The van der Waals surface area contributed by atoms with E-state index in [9.17, 15) is 8.42 Å². The summed E-state index contributed by atoms with van der Waals surface area (Å²) in [6.45, 7) is 4.14. The molecule has 26 heavy (non-hydrogen) atoms. The van der Waals surface area contributed by atoms with Gasteiger partial charge in [-0.3, -0.25) is 0 Å². The standard InChI is InChI=1S/C19H25N3O2S2/c1-5-18(15-11-9-14(2)10-12-15)21-19(25)20-16-7-6-8-17(13-16)26(23,24)22(3)4/h6-13,18H,5H2,1-4H3,(H2,20,21,25)/t18-/m1/s1. The maximum Gasteiger partial charge on any atom is 0.242 e. The lowest BCUT2D eigenvalue weighted by Crippen LogP contribution is -2.32. The smallest absolute Gasteiger partial charge is 0.242 e. The summed E-state index contributed by atoms with van der Waals surface area (Å²) < 4.78 is 25.7. The molecule has 140 valence electrons. The van der Waals surface area contributed by atoms with Crippen LogP contribution in [-0.2, 0) is 10.0 Å². The Hall–Kier alpha value is -1.96. The van der Waals surface area contributed by atoms with Gasteiger partial charge in [0.2, 0.25) is 10.0 Å². The first-order chi connectivity index (χ1) is 12.2. The maximum atomic E-state index is 12.3. The van der Waals surface area contributed by atoms with E-state index in [2.05, 4.69) is 48.7 Å². The van der Waals surface area contributed by atoms with E-state index in [1.807, 2.05) is 0 Å². The van der Waals surface area contributed by atoms with Crippen LogP contribution in [-0.4, -0.2) is 31.9 Å². The predicted octanol–water partition coefficient (Wildman–Crippen LogP) is 3.68. The molecule has 0 aliphatic carbocycles. The van der Waals surface area contributed by atoms with Gasteiger partial charge >= 0.3 is 0 Å². The Labute approximate surface area is 161 Å². The van der Waals surface area contributed by atoms with Crippen LogP contribution in [0.4, 0.5) is 5.69 Å². The van der Waals surface area contributed by atoms with Crippen molar-refractivity contribution < 1.29 is 8.42 Å². The van der Waals surface area contributed by atoms with Gasteiger partial charge in [-0.2, -0.15) is 0 Å². The number of hydrogen-bond donors (Lipinski definition) is 2. The van der Waals surface area contributed by atoms with E-state index < -0.39 is 10.0 Å². The summed E-state index contributed by atoms with van der Waals surface area (Å²) in [5.41, 5.74) is 3.00. The van der Waals surface area contributed by atoms with E-state index in [1.54, 1.807) is 24.3 Å². The average molecular weight is 392 g/mol. The van der Waals surface area contributed by atoms with Crippen LogP contribution in [0.15, 0.2) is 53.4 Å². The van der Waals surface area contributed by atoms with Crippen molar-refractivity contribution in [2.24, 2.45) is 0 Å². The molecule has 0 aliphatic rings. The Morgan fingerprint density at radius 2 is 1.81 bits per heavy atom. The van der Waals surface area contributed by atoms with Crippen LogP contribution in [0.25, 0.3) is 0 Å². The number of hydrogen-bond acceptors (Lipinski definition) is 3. The maximum absolute atomic E-state index is 12.3. The van der Waals surface area contributed by atoms with Crippen LogP contribution in [0.2, 0.25) is 0 Å². The van der Waals surface area contributed by atoms with Crippen LogP contribution in [0, 0.1) is 6.92 Å². The van der Waals surface area contributed by atoms with Crippen LogP contribution >= 0.6 is 12.2 Å². The summed E-state index contributed by atoms with van der Waals surface area (Å²) in [7, 11) is -0.462. The number of nitrogens with zero attached hydrogens (tertiary/aromatic N) is 1. The molecule has 7 heteroatoms. The molecule has 0 unspecified atom stereocenters. The lowest BCUT2D eigenvalue weighted by molar-refractivity contribution is 0.521. The Kier molecular flexibility index (Phi) is 6.75. The Balaban J connectivity index is 2.11. The van der Waals surface area contributed by atoms with Gasteiger partial charge in [-0.15, -0.1) is 0 Å². The van der Waals surface area contributed by atoms with Crippen LogP contribution in [0.1, 0.15) is 30.5 Å². The predicted molar refractivity (Wildman–Crippen MR) is 111 cm³/mol. The van der Waals surface area contributed by atoms with Crippen molar-refractivity contribution in [1.29, 1.82) is 0 Å². The number of aryl methyl sites for hydroxylation is 1. The highest BCUT2D eigenvalue weighted by molar-refractivity contribution is 7.89. The van der Waals surface area contributed by atoms with Crippen LogP contribution in [0.5, 0.6) is 0 Å². The molecule has 0 fully saturated rings. The second kappa shape index (κ2) is 8.62. The third-order valence-electron chi connectivity index (χ3n) is 4.06. The molecule has 1 atom stereocenters. The number of thiocarbonyl (C=S) groups is 1. The number of rotatable bonds is 6. The molecule has 0 saturated carbocycles. The first-order valence-corrected chi connectivity index (χ1v) is 10.3. The molecule has 0 aromatic heterocycles. The van der Waals surface area contributed by atoms with Gasteiger partial charge in [0.15, 0.2) is 5.11 Å². The molecule has 0 aliphatic heterocycles. The Morgan fingerprint density at radius 3 is 2.38 bits per heavy atom. The minimum Gasteiger partial charge on any atom is -0.356 e. The van der Waals surface area contributed by atoms with Crippen molar-refractivity contribution in [3.05, 3.63) is 59.7 Å². The van der Waals surface area contributed by atoms with Gasteiger partial charge in [0.1, 0.15) is 0 Å². The highest BCUT2D eigenvalue weighted by atomic mass is 32.2. The molecule has 0 saturated heterocycles. The van der Waals surface area contributed by atoms with Crippen molar-refractivity contribution in [3.63, 3.8) is 0 Å². The monoisotopic (exact) mass is 391 g/mol. The second-order valence-corrected chi connectivity index (χ2v) is 8.85. The molecule has 0 heterocycles. The Bertz CT molecular complexity index is 863. The summed E-state index contributed by atoms with van der Waals surface area (Å²) in [4.78, 5) is 0.223. The SMILES string of the molecule is CC[C@@H](NC(=S)Nc1cccc(S(=O)(=O)N(C)C)c1)c1ccc(C)cc1. The minimum absolute atomic E-state index is 0.0873. The molecular weight excluding hydrogens is 366 g/mol. The van der Waals surface area contributed by atoms with Gasteiger partial charge in [0.05, 0.1) is 10.9 Å². The molecule has 0 radical (unpaired) electrons. The molecule has 2 aromatic carbocycles. The van der Waals surface area contributed by atoms with Gasteiger partial charge in [-0.25, -0.2) is 12.7 Å². The van der Waals surface area contributed by atoms with Crippen molar-refractivity contribution in [2.45, 2.75) is 31.2 Å². The number of benzene rings is 2. The third-order valence-corrected chi connectivity index (χ3v) is 6.09. The number of anilines is 1. The van der Waals surface area contributed by atoms with E-state index >= 15 is 0 Å². The fourth-order valence-electron chi connectivity index (χ4n) is 2.49. The zero-order valence-corrected chi connectivity index (χ0v) is 17.1. The van der Waals surface area contributed by atoms with E-state index in [0.717, 1.165) is 12.0 Å². The van der Waals surface area contributed by atoms with Gasteiger partial charge in [-0.1, -0.05) is 42.8 Å². The van der Waals surface area contributed by atoms with Crippen molar-refractivity contribution in [2.75, 3.05) is 19.4 Å². The van der Waals surface area contributed by atoms with Gasteiger partial charge in [0.25, 0.3) is 0 Å². The second-order valence-electron chi connectivity index (χ2n) is 6.29. The number of sulfonamides is 1. The normalized spacial score (nSPS) is 12.7. The fourth-order valence-corrected chi connectivity index (χ4v) is 3.70. The average Bonchev–Trinajstić information content (AvgIpc) is 2.60. The van der Waals surface area contributed by atoms with Crippen molar-refractivity contribution >= 4 is 33.0 Å². The highest BCUT2D eigenvalue weighted by Crippen LogP contribution is 2.20. The largest absolute Gasteiger partial charge is 0.356 e. The summed E-state index contributed by atoms with van der Waals surface area (Å²) in [5, 5.41) is 6.82. The van der Waals surface area contributed by atoms with Crippen molar-refractivity contribution in [1.82, 2.24) is 9.62 Å². The Morgan fingerprint density at radius 1 is 1.15 bits per heavy atom. The van der Waals surface area contributed by atoms with Gasteiger partial charge < -0.3 is 10.6 Å². The van der Waals surface area contributed by atoms with E-state index in [1.165, 1.54) is 24.0 Å². The lowest BCUT2D eigenvalue weighted by Gasteiger charge is -2.20. The van der Waals surface area contributed by atoms with Crippen LogP contribution in [0.3, 0.4) is 0 Å². The molecular formula is C19H25N3O2S2. The summed E-state index contributed by atoms with van der Waals surface area (Å²) in [6, 6.07) is 15.0. The zero-order chi connectivity index (χ0) is 19.3. The highest BCUT2D eigenvalue weighted by Gasteiger charge is 2.17. The summed E-state index contributed by atoms with van der Waals surface area (Å²) in [5.74, 6) is 0. The van der Waals surface area contributed by atoms with Crippen LogP contribution < -0.4 is 10.6 Å². The fraction of sp³-hybridized carbons (Fsp3) is 0.316. The zero-order valence-electron chi connectivity index (χ0n) is 15.5. The van der Waals surface area contributed by atoms with Crippen molar-refractivity contribution in [3.8, 4) is 0 Å². The molecule has 5 nitrogen and oxygen atoms in total. The quantitative estimate of drug-likeness (QED) is 0.736. The first kappa shape index (κ1) is 20.4. The molecule has 2 rings (SSSR count). The molecule has 2 N–H and O–H groups in total. The summed E-state index contributed by atoms with van der Waals surface area (Å²) in [6.07, 6.45) is 0.875. The summed E-state index contributed by atoms with van der Waals surface area (Å²) >= 11 is 5.41. The van der Waals surface area contributed by atoms with E-state index in [0.29, 0.717) is 10.8 Å². The molecule has 0 spiro atoms. The number of nitrogens with one attached hydrogen (secondary N) is 2. The molecule has 0 bridgehead atoms. The third kappa shape index (κ3) is 5.03. The van der Waals surface area contributed by atoms with Gasteiger partial charge in [-0.05, 0) is 49.3 Å². The molecule has 0 amide bonds. The van der Waals surface area contributed by atoms with E-state index in [-0.39, 0.29) is 10.9 Å². The molecule has 2 aromatic rings. The first-order valence-electron chi connectivity index (χ1n) is 8.40. The topological polar surface area (TPSA) is 61.4 Å². The minimum atomic E-state index is -3.48. The lowest BCUT2D eigenvalue weighted by atomic mass is 10.0.